The Morgan fingerprint density at radius 1 is 1.28 bits per heavy atom. The molecule has 3 rings (SSSR count). The molecule has 132 valence electrons. The second-order valence-corrected chi connectivity index (χ2v) is 7.35. The van der Waals surface area contributed by atoms with Gasteiger partial charge in [0.25, 0.3) is 5.91 Å². The second-order valence-electron chi connectivity index (χ2n) is 5.87. The summed E-state index contributed by atoms with van der Waals surface area (Å²) in [5.41, 5.74) is 6.58. The van der Waals surface area contributed by atoms with Gasteiger partial charge >= 0.3 is 6.03 Å². The number of halogens is 1. The number of rotatable bonds is 4. The normalized spacial score (nSPS) is 17.1. The van der Waals surface area contributed by atoms with Crippen LogP contribution in [0.15, 0.2) is 30.3 Å². The predicted molar refractivity (Wildman–Crippen MR) is 101 cm³/mol. The molecule has 0 bridgehead atoms. The van der Waals surface area contributed by atoms with Crippen molar-refractivity contribution in [2.24, 2.45) is 5.73 Å². The van der Waals surface area contributed by atoms with Gasteiger partial charge in [0.05, 0.1) is 5.56 Å². The number of amides is 3. The van der Waals surface area contributed by atoms with Crippen molar-refractivity contribution in [3.63, 3.8) is 0 Å². The van der Waals surface area contributed by atoms with Gasteiger partial charge in [-0.25, -0.2) is 4.79 Å². The van der Waals surface area contributed by atoms with Gasteiger partial charge in [0.2, 0.25) is 0 Å². The van der Waals surface area contributed by atoms with Crippen LogP contribution in [0.3, 0.4) is 0 Å². The Bertz CT molecular complexity index is 769. The Hall–Kier alpha value is -2.09. The molecule has 25 heavy (non-hydrogen) atoms. The first-order valence-corrected chi connectivity index (χ1v) is 9.20. The van der Waals surface area contributed by atoms with Gasteiger partial charge in [-0.05, 0) is 43.1 Å². The van der Waals surface area contributed by atoms with Crippen molar-refractivity contribution < 1.29 is 9.59 Å². The SMILES string of the molecule is NC(=O)Nc1sc(-c2ccc(Cl)cc2)cc1C(=O)N[C@H]1CCCNC1. The molecule has 1 aromatic heterocycles. The maximum absolute atomic E-state index is 12.7. The Morgan fingerprint density at radius 3 is 2.68 bits per heavy atom. The zero-order chi connectivity index (χ0) is 17.8. The summed E-state index contributed by atoms with van der Waals surface area (Å²) in [4.78, 5) is 24.8. The molecule has 6 nitrogen and oxygen atoms in total. The van der Waals surface area contributed by atoms with E-state index in [0.29, 0.717) is 15.6 Å². The van der Waals surface area contributed by atoms with Gasteiger partial charge in [-0.2, -0.15) is 0 Å². The van der Waals surface area contributed by atoms with Gasteiger partial charge in [-0.3, -0.25) is 10.1 Å². The third kappa shape index (κ3) is 4.50. The van der Waals surface area contributed by atoms with Gasteiger partial charge in [-0.15, -0.1) is 11.3 Å². The van der Waals surface area contributed by atoms with Crippen LogP contribution in [0, 0.1) is 0 Å². The predicted octanol–water partition coefficient (Wildman–Crippen LogP) is 3.04. The molecule has 5 N–H and O–H groups in total. The lowest BCUT2D eigenvalue weighted by atomic mass is 10.1. The van der Waals surface area contributed by atoms with E-state index in [2.05, 4.69) is 16.0 Å². The first-order chi connectivity index (χ1) is 12.0. The molecule has 1 atom stereocenters. The third-order valence-electron chi connectivity index (χ3n) is 3.97. The van der Waals surface area contributed by atoms with Crippen LogP contribution in [0.4, 0.5) is 9.80 Å². The zero-order valence-electron chi connectivity index (χ0n) is 13.5. The summed E-state index contributed by atoms with van der Waals surface area (Å²) in [7, 11) is 0. The van der Waals surface area contributed by atoms with E-state index in [1.165, 1.54) is 11.3 Å². The number of nitrogens with two attached hydrogens (primary N) is 1. The quantitative estimate of drug-likeness (QED) is 0.658. The van der Waals surface area contributed by atoms with Crippen molar-refractivity contribution in [3.8, 4) is 10.4 Å². The van der Waals surface area contributed by atoms with E-state index >= 15 is 0 Å². The molecule has 2 aromatic rings. The van der Waals surface area contributed by atoms with Crippen molar-refractivity contribution in [1.29, 1.82) is 0 Å². The number of carbonyl (C=O) groups excluding carboxylic acids is 2. The number of thiophene rings is 1. The second kappa shape index (κ2) is 7.86. The molecule has 3 amide bonds. The van der Waals surface area contributed by atoms with E-state index in [-0.39, 0.29) is 11.9 Å². The van der Waals surface area contributed by atoms with Crippen molar-refractivity contribution >= 4 is 39.9 Å². The molecular formula is C17H19ClN4O2S. The summed E-state index contributed by atoms with van der Waals surface area (Å²) in [6, 6.07) is 8.46. The molecular weight excluding hydrogens is 360 g/mol. The molecule has 1 aliphatic rings. The van der Waals surface area contributed by atoms with Gasteiger partial charge in [0, 0.05) is 22.5 Å². The van der Waals surface area contributed by atoms with Crippen LogP contribution in [-0.4, -0.2) is 31.1 Å². The highest BCUT2D eigenvalue weighted by Gasteiger charge is 2.21. The standard InChI is InChI=1S/C17H19ClN4O2S/c18-11-5-3-10(4-6-11)14-8-13(16(25-14)22-17(19)24)15(23)21-12-2-1-7-20-9-12/h3-6,8,12,20H,1-2,7,9H2,(H,21,23)(H3,19,22,24)/t12-/m0/s1. The van der Waals surface area contributed by atoms with E-state index in [9.17, 15) is 9.59 Å². The lowest BCUT2D eigenvalue weighted by Gasteiger charge is -2.23. The summed E-state index contributed by atoms with van der Waals surface area (Å²) in [5.74, 6) is -0.214. The fourth-order valence-corrected chi connectivity index (χ4v) is 3.95. The molecule has 0 saturated carbocycles. The van der Waals surface area contributed by atoms with E-state index in [1.807, 2.05) is 12.1 Å². The van der Waals surface area contributed by atoms with Gasteiger partial charge in [0.15, 0.2) is 0 Å². The van der Waals surface area contributed by atoms with Crippen LogP contribution in [0.1, 0.15) is 23.2 Å². The Labute approximate surface area is 154 Å². The maximum Gasteiger partial charge on any atom is 0.317 e. The number of primary amides is 1. The molecule has 1 aromatic carbocycles. The third-order valence-corrected chi connectivity index (χ3v) is 5.33. The highest BCUT2D eigenvalue weighted by Crippen LogP contribution is 2.36. The average Bonchev–Trinajstić information content (AvgIpc) is 2.99. The van der Waals surface area contributed by atoms with Crippen molar-refractivity contribution in [3.05, 3.63) is 40.9 Å². The molecule has 1 aliphatic heterocycles. The molecule has 0 unspecified atom stereocenters. The lowest BCUT2D eigenvalue weighted by molar-refractivity contribution is 0.0932. The lowest BCUT2D eigenvalue weighted by Crippen LogP contribution is -2.45. The minimum atomic E-state index is -0.696. The van der Waals surface area contributed by atoms with Crippen molar-refractivity contribution in [1.82, 2.24) is 10.6 Å². The van der Waals surface area contributed by atoms with Gasteiger partial charge in [0.1, 0.15) is 5.00 Å². The smallest absolute Gasteiger partial charge is 0.317 e. The van der Waals surface area contributed by atoms with Gasteiger partial charge in [-0.1, -0.05) is 23.7 Å². The number of piperidine rings is 1. The molecule has 0 aliphatic carbocycles. The highest BCUT2D eigenvalue weighted by atomic mass is 35.5. The maximum atomic E-state index is 12.7. The number of anilines is 1. The molecule has 2 heterocycles. The monoisotopic (exact) mass is 378 g/mol. The van der Waals surface area contributed by atoms with Crippen LogP contribution >= 0.6 is 22.9 Å². The van der Waals surface area contributed by atoms with E-state index in [1.54, 1.807) is 18.2 Å². The number of carbonyl (C=O) groups is 2. The fourth-order valence-electron chi connectivity index (χ4n) is 2.76. The van der Waals surface area contributed by atoms with Crippen LogP contribution in [0.2, 0.25) is 5.02 Å². The van der Waals surface area contributed by atoms with E-state index < -0.39 is 6.03 Å². The average molecular weight is 379 g/mol. The first kappa shape index (κ1) is 17.7. The minimum absolute atomic E-state index is 0.0848. The number of benzene rings is 1. The van der Waals surface area contributed by atoms with E-state index in [0.717, 1.165) is 36.4 Å². The topological polar surface area (TPSA) is 96.2 Å². The Morgan fingerprint density at radius 2 is 2.04 bits per heavy atom. The van der Waals surface area contributed by atoms with Crippen LogP contribution in [-0.2, 0) is 0 Å². The molecule has 1 fully saturated rings. The summed E-state index contributed by atoms with van der Waals surface area (Å²) in [6.07, 6.45) is 1.96. The highest BCUT2D eigenvalue weighted by molar-refractivity contribution is 7.20. The minimum Gasteiger partial charge on any atom is -0.351 e. The van der Waals surface area contributed by atoms with Crippen molar-refractivity contribution in [2.45, 2.75) is 18.9 Å². The summed E-state index contributed by atoms with van der Waals surface area (Å²) in [5, 5.41) is 9.90. The molecule has 1 saturated heterocycles. The zero-order valence-corrected chi connectivity index (χ0v) is 15.0. The Kier molecular flexibility index (Phi) is 5.57. The van der Waals surface area contributed by atoms with E-state index in [4.69, 9.17) is 17.3 Å². The van der Waals surface area contributed by atoms with Gasteiger partial charge < -0.3 is 16.4 Å². The van der Waals surface area contributed by atoms with Crippen LogP contribution in [0.5, 0.6) is 0 Å². The Balaban J connectivity index is 1.86. The number of urea groups is 1. The van der Waals surface area contributed by atoms with Crippen LogP contribution in [0.25, 0.3) is 10.4 Å². The number of hydrogen-bond acceptors (Lipinski definition) is 4. The fraction of sp³-hybridized carbons (Fsp3) is 0.294. The van der Waals surface area contributed by atoms with Crippen LogP contribution < -0.4 is 21.7 Å². The molecule has 8 heteroatoms. The van der Waals surface area contributed by atoms with Crippen molar-refractivity contribution in [2.75, 3.05) is 18.4 Å². The number of nitrogens with one attached hydrogen (secondary N) is 3. The largest absolute Gasteiger partial charge is 0.351 e. The molecule has 0 radical (unpaired) electrons. The number of hydrogen-bond donors (Lipinski definition) is 4. The molecule has 0 spiro atoms. The summed E-state index contributed by atoms with van der Waals surface area (Å²) >= 11 is 7.23. The summed E-state index contributed by atoms with van der Waals surface area (Å²) < 4.78 is 0. The first-order valence-electron chi connectivity index (χ1n) is 8.01. The summed E-state index contributed by atoms with van der Waals surface area (Å²) in [6.45, 7) is 1.72.